The molecule has 4 aromatic rings. The Morgan fingerprint density at radius 2 is 1.51 bits per heavy atom. The van der Waals surface area contributed by atoms with Crippen LogP contribution in [0.5, 0.6) is 5.75 Å². The minimum Gasteiger partial charge on any atom is -0.492 e. The lowest BCUT2D eigenvalue weighted by Gasteiger charge is -2.35. The van der Waals surface area contributed by atoms with E-state index in [4.69, 9.17) is 16.3 Å². The van der Waals surface area contributed by atoms with E-state index in [-0.39, 0.29) is 36.1 Å². The number of carbonyl (C=O) groups excluding carboxylic acids is 2. The van der Waals surface area contributed by atoms with Crippen molar-refractivity contribution in [3.63, 3.8) is 0 Å². The number of rotatable bonds is 13. The monoisotopic (exact) mass is 675 g/mol. The van der Waals surface area contributed by atoms with E-state index >= 15 is 0 Å². The van der Waals surface area contributed by atoms with Gasteiger partial charge in [0.2, 0.25) is 11.8 Å². The Morgan fingerprint density at radius 3 is 2.15 bits per heavy atom. The second-order valence-corrected chi connectivity index (χ2v) is 14.6. The third-order valence-corrected chi connectivity index (χ3v) is 9.34. The largest absolute Gasteiger partial charge is 0.492 e. The van der Waals surface area contributed by atoms with E-state index < -0.39 is 34.1 Å². The molecular formula is C37H42ClN3O5S. The molecule has 248 valence electrons. The average molecular weight is 676 g/mol. The number of hydrogen-bond donors (Lipinski definition) is 1. The van der Waals surface area contributed by atoms with Crippen molar-refractivity contribution in [3.8, 4) is 5.75 Å². The lowest BCUT2D eigenvalue weighted by Crippen LogP contribution is -2.56. The highest BCUT2D eigenvalue weighted by Crippen LogP contribution is 2.33. The van der Waals surface area contributed by atoms with Crippen molar-refractivity contribution in [1.82, 2.24) is 10.2 Å². The van der Waals surface area contributed by atoms with Gasteiger partial charge in [0.1, 0.15) is 18.3 Å². The number of nitrogens with one attached hydrogen (secondary N) is 1. The van der Waals surface area contributed by atoms with Crippen molar-refractivity contribution in [1.29, 1.82) is 0 Å². The highest BCUT2D eigenvalue weighted by atomic mass is 35.5. The van der Waals surface area contributed by atoms with E-state index in [0.29, 0.717) is 10.8 Å². The lowest BCUT2D eigenvalue weighted by atomic mass is 10.0. The molecule has 1 N–H and O–H groups in total. The minimum atomic E-state index is -4.31. The van der Waals surface area contributed by atoms with Crippen molar-refractivity contribution < 1.29 is 22.7 Å². The summed E-state index contributed by atoms with van der Waals surface area (Å²) in [6.45, 7) is 9.16. The summed E-state index contributed by atoms with van der Waals surface area (Å²) in [5, 5.41) is 3.42. The normalized spacial score (nSPS) is 12.2. The van der Waals surface area contributed by atoms with Crippen LogP contribution in [0.1, 0.15) is 44.4 Å². The quantitative estimate of drug-likeness (QED) is 0.168. The van der Waals surface area contributed by atoms with Crippen molar-refractivity contribution >= 4 is 39.1 Å². The minimum absolute atomic E-state index is 0.0439. The summed E-state index contributed by atoms with van der Waals surface area (Å²) >= 11 is 6.09. The topological polar surface area (TPSA) is 96.0 Å². The molecule has 0 aromatic heterocycles. The van der Waals surface area contributed by atoms with Gasteiger partial charge in [-0.1, -0.05) is 83.9 Å². The van der Waals surface area contributed by atoms with Crippen molar-refractivity contribution in [3.05, 3.63) is 125 Å². The van der Waals surface area contributed by atoms with Crippen molar-refractivity contribution in [2.24, 2.45) is 0 Å². The van der Waals surface area contributed by atoms with Gasteiger partial charge in [-0.25, -0.2) is 8.42 Å². The second kappa shape index (κ2) is 15.5. The smallest absolute Gasteiger partial charge is 0.264 e. The molecule has 0 saturated carbocycles. The van der Waals surface area contributed by atoms with Crippen LogP contribution < -0.4 is 14.4 Å². The third-order valence-electron chi connectivity index (χ3n) is 7.32. The number of nitrogens with zero attached hydrogens (tertiary/aromatic N) is 2. The molecule has 8 nitrogen and oxygen atoms in total. The number of hydrogen-bond acceptors (Lipinski definition) is 5. The van der Waals surface area contributed by atoms with Crippen LogP contribution in [0.3, 0.4) is 0 Å². The van der Waals surface area contributed by atoms with Gasteiger partial charge in [0.15, 0.2) is 0 Å². The zero-order valence-corrected chi connectivity index (χ0v) is 29.0. The molecule has 0 spiro atoms. The van der Waals surface area contributed by atoms with Crippen LogP contribution >= 0.6 is 11.6 Å². The van der Waals surface area contributed by atoms with Crippen LogP contribution in [-0.4, -0.2) is 49.9 Å². The molecule has 47 heavy (non-hydrogen) atoms. The first kappa shape index (κ1) is 35.5. The standard InChI is InChI=1S/C37H42ClN3O5S/c1-6-46-34-18-11-10-17-32(34)41(47(44,45)31-21-19-30(38)20-22-31)26-35(42)40(25-29-16-12-13-27(2)23-29)33(36(43)39-37(3,4)5)24-28-14-8-7-9-15-28/h7-23,33H,6,24-26H2,1-5H3,(H,39,43)/t33-/m1/s1. The summed E-state index contributed by atoms with van der Waals surface area (Å²) in [4.78, 5) is 30.2. The molecule has 4 aromatic carbocycles. The first-order chi connectivity index (χ1) is 22.3. The van der Waals surface area contributed by atoms with Gasteiger partial charge < -0.3 is 15.0 Å². The van der Waals surface area contributed by atoms with Crippen LogP contribution in [-0.2, 0) is 32.6 Å². The molecule has 4 rings (SSSR count). The SMILES string of the molecule is CCOc1ccccc1N(CC(=O)N(Cc1cccc(C)c1)[C@H](Cc1ccccc1)C(=O)NC(C)(C)C)S(=O)(=O)c1ccc(Cl)cc1. The highest BCUT2D eigenvalue weighted by Gasteiger charge is 2.36. The van der Waals surface area contributed by atoms with Crippen LogP contribution in [0, 0.1) is 6.92 Å². The number of benzene rings is 4. The van der Waals surface area contributed by atoms with Gasteiger partial charge in [0.25, 0.3) is 10.0 Å². The maximum absolute atomic E-state index is 14.7. The van der Waals surface area contributed by atoms with Gasteiger partial charge in [-0.3, -0.25) is 13.9 Å². The summed E-state index contributed by atoms with van der Waals surface area (Å²) < 4.78 is 35.5. The fraction of sp³-hybridized carbons (Fsp3) is 0.297. The molecule has 10 heteroatoms. The molecular weight excluding hydrogens is 634 g/mol. The number of ether oxygens (including phenoxy) is 1. The van der Waals surface area contributed by atoms with Gasteiger partial charge >= 0.3 is 0 Å². The van der Waals surface area contributed by atoms with E-state index in [0.717, 1.165) is 21.0 Å². The fourth-order valence-corrected chi connectivity index (χ4v) is 6.75. The zero-order chi connectivity index (χ0) is 34.2. The Kier molecular flexibility index (Phi) is 11.7. The van der Waals surface area contributed by atoms with E-state index in [9.17, 15) is 18.0 Å². The molecule has 0 bridgehead atoms. The average Bonchev–Trinajstić information content (AvgIpc) is 3.02. The second-order valence-electron chi connectivity index (χ2n) is 12.3. The van der Waals surface area contributed by atoms with E-state index in [1.165, 1.54) is 29.2 Å². The van der Waals surface area contributed by atoms with Gasteiger partial charge in [-0.15, -0.1) is 0 Å². The molecule has 0 unspecified atom stereocenters. The van der Waals surface area contributed by atoms with Crippen LogP contribution in [0.2, 0.25) is 5.02 Å². The number of aryl methyl sites for hydroxylation is 1. The zero-order valence-electron chi connectivity index (χ0n) is 27.4. The summed E-state index contributed by atoms with van der Waals surface area (Å²) in [5.41, 5.74) is 2.28. The molecule has 1 atom stereocenters. The van der Waals surface area contributed by atoms with Crippen LogP contribution in [0.25, 0.3) is 0 Å². The summed E-state index contributed by atoms with van der Waals surface area (Å²) in [7, 11) is -4.31. The van der Waals surface area contributed by atoms with Crippen LogP contribution in [0.15, 0.2) is 108 Å². The summed E-state index contributed by atoms with van der Waals surface area (Å²) in [6, 6.07) is 28.7. The molecule has 0 aliphatic heterocycles. The first-order valence-corrected chi connectivity index (χ1v) is 17.3. The number of amides is 2. The third kappa shape index (κ3) is 9.59. The van der Waals surface area contributed by atoms with Crippen LogP contribution in [0.4, 0.5) is 5.69 Å². The van der Waals surface area contributed by atoms with E-state index in [2.05, 4.69) is 5.32 Å². The Morgan fingerprint density at radius 1 is 0.872 bits per heavy atom. The number of anilines is 1. The van der Waals surface area contributed by atoms with Gasteiger partial charge in [-0.05, 0) is 82.1 Å². The maximum Gasteiger partial charge on any atom is 0.264 e. The number of sulfonamides is 1. The molecule has 0 aliphatic carbocycles. The highest BCUT2D eigenvalue weighted by molar-refractivity contribution is 7.92. The Labute approximate surface area is 283 Å². The molecule has 0 radical (unpaired) electrons. The van der Waals surface area contributed by atoms with Crippen molar-refractivity contribution in [2.45, 2.75) is 64.1 Å². The van der Waals surface area contributed by atoms with E-state index in [1.54, 1.807) is 31.2 Å². The molecule has 0 heterocycles. The fourth-order valence-electron chi connectivity index (χ4n) is 5.20. The number of carbonyl (C=O) groups is 2. The molecule has 2 amide bonds. The van der Waals surface area contributed by atoms with Gasteiger partial charge in [0, 0.05) is 23.5 Å². The Bertz CT molecular complexity index is 1770. The van der Waals surface area contributed by atoms with Crippen molar-refractivity contribution in [2.75, 3.05) is 17.5 Å². The predicted octanol–water partition coefficient (Wildman–Crippen LogP) is 6.80. The predicted molar refractivity (Wildman–Crippen MR) is 187 cm³/mol. The van der Waals surface area contributed by atoms with Gasteiger partial charge in [-0.2, -0.15) is 0 Å². The summed E-state index contributed by atoms with van der Waals surface area (Å²) in [6.07, 6.45) is 0.222. The number of halogens is 1. The van der Waals surface area contributed by atoms with Gasteiger partial charge in [0.05, 0.1) is 17.2 Å². The Balaban J connectivity index is 1.85. The molecule has 0 aliphatic rings. The van der Waals surface area contributed by atoms with E-state index in [1.807, 2.05) is 82.3 Å². The lowest BCUT2D eigenvalue weighted by molar-refractivity contribution is -0.140. The first-order valence-electron chi connectivity index (χ1n) is 15.5. The summed E-state index contributed by atoms with van der Waals surface area (Å²) in [5.74, 6) is -0.596. The maximum atomic E-state index is 14.7. The number of para-hydroxylation sites is 2. The Hall–Kier alpha value is -4.34. The molecule has 0 saturated heterocycles. The molecule has 0 fully saturated rings.